The maximum atomic E-state index is 5.54. The summed E-state index contributed by atoms with van der Waals surface area (Å²) in [5.74, 6) is 0.988. The molecule has 0 aromatic heterocycles. The summed E-state index contributed by atoms with van der Waals surface area (Å²) in [6.45, 7) is 6.09. The van der Waals surface area contributed by atoms with E-state index in [-0.39, 0.29) is 0 Å². The van der Waals surface area contributed by atoms with E-state index in [2.05, 4.69) is 18.0 Å². The predicted molar refractivity (Wildman–Crippen MR) is 52.7 cm³/mol. The Morgan fingerprint density at radius 1 is 1.46 bits per heavy atom. The normalized spacial score (nSPS) is 13.8. The summed E-state index contributed by atoms with van der Waals surface area (Å²) in [6.07, 6.45) is 1.77. The number of benzene rings is 1. The Morgan fingerprint density at radius 3 is 3.23 bits per heavy atom. The van der Waals surface area contributed by atoms with Gasteiger partial charge in [0, 0.05) is 18.7 Å². The fourth-order valence-corrected chi connectivity index (χ4v) is 1.58. The van der Waals surface area contributed by atoms with Crippen molar-refractivity contribution in [3.8, 4) is 5.75 Å². The van der Waals surface area contributed by atoms with Crippen LogP contribution in [0.25, 0.3) is 0 Å². The van der Waals surface area contributed by atoms with Gasteiger partial charge in [0.25, 0.3) is 0 Å². The van der Waals surface area contributed by atoms with Crippen LogP contribution in [-0.2, 0) is 13.1 Å². The highest BCUT2D eigenvalue weighted by Gasteiger charge is 2.13. The van der Waals surface area contributed by atoms with Crippen LogP contribution in [0.4, 0.5) is 0 Å². The lowest BCUT2D eigenvalue weighted by atomic mass is 10.1. The molecule has 0 radical (unpaired) electrons. The molecular formula is C11H13NO. The summed E-state index contributed by atoms with van der Waals surface area (Å²) in [6, 6.07) is 6.18. The highest BCUT2D eigenvalue weighted by atomic mass is 16.5. The standard InChI is InChI=1S/C11H13NO/c1-2-6-13-11-5-3-4-9-7-12-8-10(9)11/h2-5,12H,1,6-8H2. The summed E-state index contributed by atoms with van der Waals surface area (Å²) < 4.78 is 5.54. The molecule has 0 saturated heterocycles. The van der Waals surface area contributed by atoms with Crippen LogP contribution in [0.3, 0.4) is 0 Å². The van der Waals surface area contributed by atoms with E-state index in [0.29, 0.717) is 6.61 Å². The molecule has 0 fully saturated rings. The molecule has 2 heteroatoms. The fraction of sp³-hybridized carbons (Fsp3) is 0.273. The van der Waals surface area contributed by atoms with E-state index < -0.39 is 0 Å². The average molecular weight is 175 g/mol. The van der Waals surface area contributed by atoms with E-state index in [9.17, 15) is 0 Å². The minimum absolute atomic E-state index is 0.580. The van der Waals surface area contributed by atoms with Gasteiger partial charge >= 0.3 is 0 Å². The molecule has 0 spiro atoms. The smallest absolute Gasteiger partial charge is 0.124 e. The van der Waals surface area contributed by atoms with Crippen LogP contribution in [-0.4, -0.2) is 6.61 Å². The molecule has 0 atom stereocenters. The van der Waals surface area contributed by atoms with Gasteiger partial charge < -0.3 is 10.1 Å². The Morgan fingerprint density at radius 2 is 2.38 bits per heavy atom. The minimum atomic E-state index is 0.580. The van der Waals surface area contributed by atoms with Crippen molar-refractivity contribution in [2.24, 2.45) is 0 Å². The van der Waals surface area contributed by atoms with Crippen molar-refractivity contribution < 1.29 is 4.74 Å². The third kappa shape index (κ3) is 1.58. The first-order valence-corrected chi connectivity index (χ1v) is 4.47. The second kappa shape index (κ2) is 3.62. The van der Waals surface area contributed by atoms with Crippen LogP contribution in [0.15, 0.2) is 30.9 Å². The van der Waals surface area contributed by atoms with Gasteiger partial charge in [-0.3, -0.25) is 0 Å². The molecule has 13 heavy (non-hydrogen) atoms. The Bertz CT molecular complexity index is 320. The number of hydrogen-bond donors (Lipinski definition) is 1. The molecule has 68 valence electrons. The van der Waals surface area contributed by atoms with Crippen LogP contribution in [0.1, 0.15) is 11.1 Å². The van der Waals surface area contributed by atoms with Crippen molar-refractivity contribution >= 4 is 0 Å². The van der Waals surface area contributed by atoms with E-state index >= 15 is 0 Å². The fourth-order valence-electron chi connectivity index (χ4n) is 1.58. The van der Waals surface area contributed by atoms with Crippen molar-refractivity contribution in [3.05, 3.63) is 42.0 Å². The molecule has 1 aliphatic rings. The summed E-state index contributed by atoms with van der Waals surface area (Å²) in [7, 11) is 0. The topological polar surface area (TPSA) is 21.3 Å². The first kappa shape index (κ1) is 8.32. The van der Waals surface area contributed by atoms with Crippen molar-refractivity contribution in [3.63, 3.8) is 0 Å². The monoisotopic (exact) mass is 175 g/mol. The highest BCUT2D eigenvalue weighted by Crippen LogP contribution is 2.25. The number of ether oxygens (including phenoxy) is 1. The lowest BCUT2D eigenvalue weighted by molar-refractivity contribution is 0.359. The first-order valence-electron chi connectivity index (χ1n) is 4.47. The maximum absolute atomic E-state index is 5.54. The molecule has 0 bridgehead atoms. The van der Waals surface area contributed by atoms with Crippen LogP contribution in [0, 0.1) is 0 Å². The van der Waals surface area contributed by atoms with Crippen LogP contribution < -0.4 is 10.1 Å². The van der Waals surface area contributed by atoms with Gasteiger partial charge in [-0.2, -0.15) is 0 Å². The molecule has 0 unspecified atom stereocenters. The first-order chi connectivity index (χ1) is 6.42. The third-order valence-electron chi connectivity index (χ3n) is 2.20. The van der Waals surface area contributed by atoms with Gasteiger partial charge in [0.15, 0.2) is 0 Å². The molecule has 0 saturated carbocycles. The maximum Gasteiger partial charge on any atom is 0.124 e. The molecule has 1 heterocycles. The highest BCUT2D eigenvalue weighted by molar-refractivity contribution is 5.42. The Labute approximate surface area is 78.2 Å². The largest absolute Gasteiger partial charge is 0.489 e. The van der Waals surface area contributed by atoms with Crippen molar-refractivity contribution in [2.45, 2.75) is 13.1 Å². The van der Waals surface area contributed by atoms with E-state index in [1.807, 2.05) is 12.1 Å². The van der Waals surface area contributed by atoms with E-state index in [1.165, 1.54) is 11.1 Å². The lowest BCUT2D eigenvalue weighted by Gasteiger charge is -2.07. The summed E-state index contributed by atoms with van der Waals surface area (Å²) in [5, 5.41) is 3.30. The zero-order valence-electron chi connectivity index (χ0n) is 7.55. The zero-order chi connectivity index (χ0) is 9.10. The van der Waals surface area contributed by atoms with Crippen LogP contribution in [0.5, 0.6) is 5.75 Å². The molecule has 0 amide bonds. The zero-order valence-corrected chi connectivity index (χ0v) is 7.55. The van der Waals surface area contributed by atoms with Gasteiger partial charge in [-0.1, -0.05) is 24.8 Å². The van der Waals surface area contributed by atoms with Gasteiger partial charge in [-0.05, 0) is 11.6 Å². The number of hydrogen-bond acceptors (Lipinski definition) is 2. The third-order valence-corrected chi connectivity index (χ3v) is 2.20. The Kier molecular flexibility index (Phi) is 2.32. The quantitative estimate of drug-likeness (QED) is 0.708. The van der Waals surface area contributed by atoms with Gasteiger partial charge in [0.05, 0.1) is 0 Å². The van der Waals surface area contributed by atoms with E-state index in [0.717, 1.165) is 18.8 Å². The lowest BCUT2D eigenvalue weighted by Crippen LogP contribution is -2.01. The number of fused-ring (bicyclic) bond motifs is 1. The summed E-state index contributed by atoms with van der Waals surface area (Å²) >= 11 is 0. The molecule has 1 aliphatic heterocycles. The summed E-state index contributed by atoms with van der Waals surface area (Å²) in [5.41, 5.74) is 2.64. The predicted octanol–water partition coefficient (Wildman–Crippen LogP) is 1.85. The van der Waals surface area contributed by atoms with Crippen LogP contribution in [0.2, 0.25) is 0 Å². The second-order valence-corrected chi connectivity index (χ2v) is 3.10. The second-order valence-electron chi connectivity index (χ2n) is 3.10. The molecule has 2 nitrogen and oxygen atoms in total. The number of nitrogens with one attached hydrogen (secondary N) is 1. The number of rotatable bonds is 3. The molecule has 1 N–H and O–H groups in total. The van der Waals surface area contributed by atoms with Crippen molar-refractivity contribution in [2.75, 3.05) is 6.61 Å². The van der Waals surface area contributed by atoms with Gasteiger partial charge in [-0.25, -0.2) is 0 Å². The molecule has 2 rings (SSSR count). The molecule has 1 aromatic carbocycles. The van der Waals surface area contributed by atoms with Gasteiger partial charge in [0.1, 0.15) is 12.4 Å². The average Bonchev–Trinajstić information content (AvgIpc) is 2.62. The van der Waals surface area contributed by atoms with Crippen molar-refractivity contribution in [1.82, 2.24) is 5.32 Å². The molecule has 0 aliphatic carbocycles. The van der Waals surface area contributed by atoms with Gasteiger partial charge in [0.2, 0.25) is 0 Å². The van der Waals surface area contributed by atoms with Crippen LogP contribution >= 0.6 is 0 Å². The van der Waals surface area contributed by atoms with E-state index in [1.54, 1.807) is 6.08 Å². The molecule has 1 aromatic rings. The Balaban J connectivity index is 2.25. The van der Waals surface area contributed by atoms with Gasteiger partial charge in [-0.15, -0.1) is 0 Å². The minimum Gasteiger partial charge on any atom is -0.489 e. The van der Waals surface area contributed by atoms with E-state index in [4.69, 9.17) is 4.74 Å². The molecular weight excluding hydrogens is 162 g/mol. The Hall–Kier alpha value is -1.28. The SMILES string of the molecule is C=CCOc1cccc2c1CNC2. The van der Waals surface area contributed by atoms with Crippen molar-refractivity contribution in [1.29, 1.82) is 0 Å². The summed E-state index contributed by atoms with van der Waals surface area (Å²) in [4.78, 5) is 0.